The van der Waals surface area contributed by atoms with Crippen LogP contribution in [-0.2, 0) is 9.59 Å². The molecule has 0 aliphatic heterocycles. The van der Waals surface area contributed by atoms with Crippen LogP contribution in [0.3, 0.4) is 0 Å². The molecule has 1 amide bonds. The number of carbonyl (C=O) groups is 2. The highest BCUT2D eigenvalue weighted by molar-refractivity contribution is 5.86. The molecule has 16 heavy (non-hydrogen) atoms. The predicted molar refractivity (Wildman–Crippen MR) is 62.3 cm³/mol. The van der Waals surface area contributed by atoms with Gasteiger partial charge in [-0.25, -0.2) is 4.79 Å². The maximum absolute atomic E-state index is 11.5. The molecule has 5 heteroatoms. The first kappa shape index (κ1) is 14.9. The Kier molecular flexibility index (Phi) is 6.03. The normalized spacial score (nSPS) is 14.6. The largest absolute Gasteiger partial charge is 0.480 e. The Labute approximate surface area is 96.8 Å². The maximum atomic E-state index is 11.5. The molecule has 1 unspecified atom stereocenters. The fraction of sp³-hybridized carbons (Fsp3) is 0.818. The van der Waals surface area contributed by atoms with E-state index in [0.717, 1.165) is 6.42 Å². The fourth-order valence-electron chi connectivity index (χ4n) is 1.42. The Hall–Kier alpha value is -1.10. The summed E-state index contributed by atoms with van der Waals surface area (Å²) in [4.78, 5) is 24.5. The SMILES string of the molecule is CCCC(C)(NC(=O)CCN(C)C)C(=O)O. The van der Waals surface area contributed by atoms with E-state index in [-0.39, 0.29) is 5.91 Å². The van der Waals surface area contributed by atoms with Crippen molar-refractivity contribution in [3.8, 4) is 0 Å². The number of carbonyl (C=O) groups excluding carboxylic acids is 1. The molecule has 0 spiro atoms. The Morgan fingerprint density at radius 2 is 1.94 bits per heavy atom. The number of hydrogen-bond acceptors (Lipinski definition) is 3. The number of amides is 1. The Morgan fingerprint density at radius 3 is 2.31 bits per heavy atom. The number of nitrogens with one attached hydrogen (secondary N) is 1. The Balaban J connectivity index is 4.30. The number of aliphatic carboxylic acids is 1. The number of carboxylic acid groups (broad SMARTS) is 1. The molecule has 0 radical (unpaired) electrons. The molecule has 0 aromatic rings. The molecule has 1 atom stereocenters. The van der Waals surface area contributed by atoms with Crippen LogP contribution in [0, 0.1) is 0 Å². The van der Waals surface area contributed by atoms with E-state index < -0.39 is 11.5 Å². The molecular weight excluding hydrogens is 208 g/mol. The lowest BCUT2D eigenvalue weighted by Gasteiger charge is -2.26. The fourth-order valence-corrected chi connectivity index (χ4v) is 1.42. The van der Waals surface area contributed by atoms with Crippen LogP contribution in [0.5, 0.6) is 0 Å². The minimum absolute atomic E-state index is 0.216. The first-order valence-corrected chi connectivity index (χ1v) is 5.51. The van der Waals surface area contributed by atoms with E-state index in [1.165, 1.54) is 0 Å². The summed E-state index contributed by atoms with van der Waals surface area (Å²) in [6.07, 6.45) is 1.48. The van der Waals surface area contributed by atoms with Crippen LogP contribution in [-0.4, -0.2) is 48.1 Å². The third-order valence-electron chi connectivity index (χ3n) is 2.42. The minimum atomic E-state index is -1.14. The van der Waals surface area contributed by atoms with E-state index in [1.807, 2.05) is 25.9 Å². The minimum Gasteiger partial charge on any atom is -0.480 e. The van der Waals surface area contributed by atoms with E-state index in [9.17, 15) is 9.59 Å². The van der Waals surface area contributed by atoms with Gasteiger partial charge in [0.1, 0.15) is 5.54 Å². The van der Waals surface area contributed by atoms with E-state index in [2.05, 4.69) is 5.32 Å². The number of rotatable bonds is 7. The second kappa shape index (κ2) is 6.48. The van der Waals surface area contributed by atoms with Gasteiger partial charge >= 0.3 is 5.97 Å². The molecule has 0 rings (SSSR count). The molecule has 2 N–H and O–H groups in total. The summed E-state index contributed by atoms with van der Waals surface area (Å²) in [7, 11) is 3.74. The zero-order chi connectivity index (χ0) is 12.8. The molecule has 94 valence electrons. The van der Waals surface area contributed by atoms with Crippen molar-refractivity contribution < 1.29 is 14.7 Å². The molecule has 0 heterocycles. The number of hydrogen-bond donors (Lipinski definition) is 2. The zero-order valence-electron chi connectivity index (χ0n) is 10.5. The second-order valence-corrected chi connectivity index (χ2v) is 4.49. The van der Waals surface area contributed by atoms with Crippen LogP contribution in [0.25, 0.3) is 0 Å². The summed E-state index contributed by atoms with van der Waals surface area (Å²) in [6, 6.07) is 0. The van der Waals surface area contributed by atoms with Gasteiger partial charge in [0.25, 0.3) is 0 Å². The molecule has 0 saturated heterocycles. The molecule has 0 aliphatic carbocycles. The Bertz CT molecular complexity index is 254. The van der Waals surface area contributed by atoms with Crippen LogP contribution in [0.2, 0.25) is 0 Å². The van der Waals surface area contributed by atoms with Gasteiger partial charge in [-0.1, -0.05) is 13.3 Å². The lowest BCUT2D eigenvalue weighted by Crippen LogP contribution is -2.52. The highest BCUT2D eigenvalue weighted by Gasteiger charge is 2.33. The smallest absolute Gasteiger partial charge is 0.329 e. The third kappa shape index (κ3) is 5.11. The van der Waals surface area contributed by atoms with Gasteiger partial charge in [-0.15, -0.1) is 0 Å². The van der Waals surface area contributed by atoms with Crippen LogP contribution in [0.4, 0.5) is 0 Å². The van der Waals surface area contributed by atoms with Gasteiger partial charge in [0.2, 0.25) is 5.91 Å². The molecule has 0 aromatic carbocycles. The van der Waals surface area contributed by atoms with Gasteiger partial charge in [0.15, 0.2) is 0 Å². The van der Waals surface area contributed by atoms with Gasteiger partial charge in [-0.2, -0.15) is 0 Å². The quantitative estimate of drug-likeness (QED) is 0.675. The van der Waals surface area contributed by atoms with Crippen molar-refractivity contribution in [3.05, 3.63) is 0 Å². The summed E-state index contributed by atoms with van der Waals surface area (Å²) >= 11 is 0. The number of carboxylic acids is 1. The molecule has 0 aliphatic rings. The Morgan fingerprint density at radius 1 is 1.38 bits per heavy atom. The molecule has 0 fully saturated rings. The van der Waals surface area contributed by atoms with Crippen molar-refractivity contribution in [1.82, 2.24) is 10.2 Å². The second-order valence-electron chi connectivity index (χ2n) is 4.49. The monoisotopic (exact) mass is 230 g/mol. The highest BCUT2D eigenvalue weighted by atomic mass is 16.4. The van der Waals surface area contributed by atoms with Gasteiger partial charge in [0.05, 0.1) is 0 Å². The van der Waals surface area contributed by atoms with Crippen molar-refractivity contribution in [3.63, 3.8) is 0 Å². The summed E-state index contributed by atoms with van der Waals surface area (Å²) < 4.78 is 0. The van der Waals surface area contributed by atoms with Crippen molar-refractivity contribution in [2.75, 3.05) is 20.6 Å². The first-order valence-electron chi connectivity index (χ1n) is 5.51. The van der Waals surface area contributed by atoms with Crippen LogP contribution >= 0.6 is 0 Å². The average molecular weight is 230 g/mol. The summed E-state index contributed by atoms with van der Waals surface area (Å²) in [5.74, 6) is -1.19. The van der Waals surface area contributed by atoms with Gasteiger partial charge < -0.3 is 15.3 Å². The number of nitrogens with zero attached hydrogens (tertiary/aromatic N) is 1. The predicted octanol–water partition coefficient (Wildman–Crippen LogP) is 0.698. The maximum Gasteiger partial charge on any atom is 0.329 e. The molecule has 5 nitrogen and oxygen atoms in total. The summed E-state index contributed by atoms with van der Waals surface area (Å²) in [5.41, 5.74) is -1.14. The molecule has 0 saturated carbocycles. The lowest BCUT2D eigenvalue weighted by molar-refractivity contribution is -0.147. The summed E-state index contributed by atoms with van der Waals surface area (Å²) in [6.45, 7) is 4.06. The molecule has 0 aromatic heterocycles. The van der Waals surface area contributed by atoms with Gasteiger partial charge in [-0.3, -0.25) is 4.79 Å². The van der Waals surface area contributed by atoms with E-state index in [1.54, 1.807) is 6.92 Å². The first-order chi connectivity index (χ1) is 7.31. The third-order valence-corrected chi connectivity index (χ3v) is 2.42. The van der Waals surface area contributed by atoms with Gasteiger partial charge in [0, 0.05) is 13.0 Å². The lowest BCUT2D eigenvalue weighted by atomic mass is 9.96. The topological polar surface area (TPSA) is 69.6 Å². The highest BCUT2D eigenvalue weighted by Crippen LogP contribution is 2.12. The van der Waals surface area contributed by atoms with E-state index in [4.69, 9.17) is 5.11 Å². The van der Waals surface area contributed by atoms with E-state index >= 15 is 0 Å². The van der Waals surface area contributed by atoms with Crippen molar-refractivity contribution in [1.29, 1.82) is 0 Å². The summed E-state index contributed by atoms with van der Waals surface area (Å²) in [5, 5.41) is 11.6. The zero-order valence-corrected chi connectivity index (χ0v) is 10.5. The average Bonchev–Trinajstić information content (AvgIpc) is 2.14. The van der Waals surface area contributed by atoms with Crippen LogP contribution in [0.15, 0.2) is 0 Å². The van der Waals surface area contributed by atoms with E-state index in [0.29, 0.717) is 19.4 Å². The van der Waals surface area contributed by atoms with Crippen molar-refractivity contribution >= 4 is 11.9 Å². The standard InChI is InChI=1S/C11H22N2O3/c1-5-7-11(2,10(15)16)12-9(14)6-8-13(3)4/h5-8H2,1-4H3,(H,12,14)(H,15,16). The van der Waals surface area contributed by atoms with Gasteiger partial charge in [-0.05, 0) is 27.4 Å². The van der Waals surface area contributed by atoms with Crippen molar-refractivity contribution in [2.45, 2.75) is 38.6 Å². The molecular formula is C11H22N2O3. The molecule has 0 bridgehead atoms. The van der Waals surface area contributed by atoms with Crippen molar-refractivity contribution in [2.24, 2.45) is 0 Å². The van der Waals surface area contributed by atoms with Crippen LogP contribution < -0.4 is 5.32 Å². The van der Waals surface area contributed by atoms with Crippen LogP contribution in [0.1, 0.15) is 33.1 Å².